The second kappa shape index (κ2) is 5.70. The number of hydrogen-bond donors (Lipinski definition) is 1. The van der Waals surface area contributed by atoms with E-state index in [1.807, 2.05) is 32.0 Å². The Bertz CT molecular complexity index is 541. The van der Waals surface area contributed by atoms with Gasteiger partial charge in [0.2, 0.25) is 5.91 Å². The molecule has 4 heteroatoms. The van der Waals surface area contributed by atoms with Crippen LogP contribution in [0.15, 0.2) is 24.3 Å². The Morgan fingerprint density at radius 2 is 2.11 bits per heavy atom. The van der Waals surface area contributed by atoms with Gasteiger partial charge in [-0.2, -0.15) is 0 Å². The molecular weight excluding hydrogens is 256 g/mol. The first kappa shape index (κ1) is 14.0. The van der Waals surface area contributed by atoms with Crippen molar-refractivity contribution in [2.75, 3.05) is 0 Å². The van der Waals surface area contributed by atoms with Crippen LogP contribution < -0.4 is 5.32 Å². The molecule has 102 valence electrons. The lowest BCUT2D eigenvalue weighted by atomic mass is 10.0. The van der Waals surface area contributed by atoms with Crippen LogP contribution in [0.3, 0.4) is 0 Å². The molecule has 19 heavy (non-hydrogen) atoms. The molecule has 0 radical (unpaired) electrons. The zero-order valence-electron chi connectivity index (χ0n) is 11.7. The maximum Gasteiger partial charge on any atom is 0.220 e. The third-order valence-corrected chi connectivity index (χ3v) is 4.36. The summed E-state index contributed by atoms with van der Waals surface area (Å²) in [7, 11) is 0. The lowest BCUT2D eigenvalue weighted by molar-refractivity contribution is -0.122. The molecule has 0 unspecified atom stereocenters. The number of nitrogens with one attached hydrogen (secondary N) is 1. The summed E-state index contributed by atoms with van der Waals surface area (Å²) >= 11 is 1.67. The molecule has 0 fully saturated rings. The van der Waals surface area contributed by atoms with Gasteiger partial charge in [-0.05, 0) is 32.4 Å². The second-order valence-corrected chi connectivity index (χ2v) is 6.48. The minimum absolute atomic E-state index is 0.103. The number of fused-ring (bicyclic) bond motifs is 1. The van der Waals surface area contributed by atoms with Crippen molar-refractivity contribution in [3.8, 4) is 0 Å². The number of hydrogen-bond acceptors (Lipinski definition) is 3. The summed E-state index contributed by atoms with van der Waals surface area (Å²) in [4.78, 5) is 16.4. The summed E-state index contributed by atoms with van der Waals surface area (Å²) < 4.78 is 1.19. The minimum Gasteiger partial charge on any atom is -0.351 e. The van der Waals surface area contributed by atoms with E-state index in [1.54, 1.807) is 11.3 Å². The van der Waals surface area contributed by atoms with E-state index in [0.717, 1.165) is 16.9 Å². The number of carbonyl (C=O) groups excluding carboxylic acids is 1. The van der Waals surface area contributed by atoms with Crippen LogP contribution >= 0.6 is 11.3 Å². The van der Waals surface area contributed by atoms with Gasteiger partial charge in [0.25, 0.3) is 0 Å². The Balaban J connectivity index is 1.93. The van der Waals surface area contributed by atoms with Gasteiger partial charge in [0.15, 0.2) is 0 Å². The largest absolute Gasteiger partial charge is 0.351 e. The highest BCUT2D eigenvalue weighted by Gasteiger charge is 2.17. The van der Waals surface area contributed by atoms with E-state index < -0.39 is 0 Å². The van der Waals surface area contributed by atoms with Gasteiger partial charge >= 0.3 is 0 Å². The molecule has 1 amide bonds. The average molecular weight is 276 g/mol. The lowest BCUT2D eigenvalue weighted by Gasteiger charge is -2.24. The van der Waals surface area contributed by atoms with Crippen molar-refractivity contribution in [2.45, 2.75) is 45.6 Å². The van der Waals surface area contributed by atoms with Gasteiger partial charge in [-0.15, -0.1) is 11.3 Å². The minimum atomic E-state index is -0.120. The number of thiazole rings is 1. The highest BCUT2D eigenvalue weighted by Crippen LogP contribution is 2.22. The fourth-order valence-electron chi connectivity index (χ4n) is 1.78. The van der Waals surface area contributed by atoms with Crippen molar-refractivity contribution < 1.29 is 4.79 Å². The Hall–Kier alpha value is -1.42. The number of nitrogens with zero attached hydrogens (tertiary/aromatic N) is 1. The number of aromatic nitrogens is 1. The SMILES string of the molecule is CCC(C)(C)NC(=O)CCc1nc2ccccc2s1. The molecule has 0 bridgehead atoms. The van der Waals surface area contributed by atoms with Crippen molar-refractivity contribution in [3.63, 3.8) is 0 Å². The van der Waals surface area contributed by atoms with Crippen LogP contribution in [-0.4, -0.2) is 16.4 Å². The van der Waals surface area contributed by atoms with Gasteiger partial charge in [-0.25, -0.2) is 4.98 Å². The van der Waals surface area contributed by atoms with Crippen molar-refractivity contribution in [3.05, 3.63) is 29.3 Å². The standard InChI is InChI=1S/C15H20N2OS/c1-4-15(2,3)17-13(18)9-10-14-16-11-7-5-6-8-12(11)19-14/h5-8H,4,9-10H2,1-3H3,(H,17,18). The normalized spacial score (nSPS) is 11.7. The molecule has 0 saturated heterocycles. The van der Waals surface area contributed by atoms with Crippen LogP contribution in [0.2, 0.25) is 0 Å². The topological polar surface area (TPSA) is 42.0 Å². The van der Waals surface area contributed by atoms with Crippen molar-refractivity contribution in [1.82, 2.24) is 10.3 Å². The smallest absolute Gasteiger partial charge is 0.220 e. The van der Waals surface area contributed by atoms with Crippen LogP contribution in [-0.2, 0) is 11.2 Å². The zero-order chi connectivity index (χ0) is 13.9. The van der Waals surface area contributed by atoms with E-state index in [9.17, 15) is 4.79 Å². The molecule has 0 aliphatic carbocycles. The van der Waals surface area contributed by atoms with Gasteiger partial charge in [0, 0.05) is 18.4 Å². The zero-order valence-corrected chi connectivity index (χ0v) is 12.5. The number of benzene rings is 1. The molecule has 1 aromatic carbocycles. The fourth-order valence-corrected chi connectivity index (χ4v) is 2.74. The van der Waals surface area contributed by atoms with E-state index in [1.165, 1.54) is 4.70 Å². The molecule has 1 aromatic heterocycles. The molecule has 0 atom stereocenters. The van der Waals surface area contributed by atoms with Crippen molar-refractivity contribution in [2.24, 2.45) is 0 Å². The Morgan fingerprint density at radius 3 is 2.79 bits per heavy atom. The molecule has 0 spiro atoms. The van der Waals surface area contributed by atoms with Gasteiger partial charge in [-0.1, -0.05) is 19.1 Å². The number of rotatable bonds is 5. The van der Waals surface area contributed by atoms with Gasteiger partial charge in [-0.3, -0.25) is 4.79 Å². The lowest BCUT2D eigenvalue weighted by Crippen LogP contribution is -2.42. The maximum atomic E-state index is 11.9. The first-order valence-corrected chi connectivity index (χ1v) is 7.47. The predicted octanol–water partition coefficient (Wildman–Crippen LogP) is 3.53. The molecule has 0 aliphatic rings. The van der Waals surface area contributed by atoms with E-state index in [2.05, 4.69) is 23.3 Å². The summed E-state index contributed by atoms with van der Waals surface area (Å²) in [6, 6.07) is 8.08. The van der Waals surface area contributed by atoms with E-state index in [0.29, 0.717) is 12.8 Å². The highest BCUT2D eigenvalue weighted by atomic mass is 32.1. The molecule has 2 rings (SSSR count). The van der Waals surface area contributed by atoms with E-state index in [4.69, 9.17) is 0 Å². The Morgan fingerprint density at radius 1 is 1.37 bits per heavy atom. The van der Waals surface area contributed by atoms with Crippen LogP contribution in [0.25, 0.3) is 10.2 Å². The predicted molar refractivity (Wildman–Crippen MR) is 80.5 cm³/mol. The van der Waals surface area contributed by atoms with Gasteiger partial charge in [0.1, 0.15) is 0 Å². The molecule has 0 saturated carbocycles. The van der Waals surface area contributed by atoms with Crippen LogP contribution in [0.5, 0.6) is 0 Å². The second-order valence-electron chi connectivity index (χ2n) is 5.36. The van der Waals surface area contributed by atoms with Crippen molar-refractivity contribution >= 4 is 27.5 Å². The Labute approximate surface area is 118 Å². The summed E-state index contributed by atoms with van der Waals surface area (Å²) in [5.74, 6) is 0.103. The van der Waals surface area contributed by atoms with Gasteiger partial charge in [0.05, 0.1) is 15.2 Å². The molecule has 2 aromatic rings. The number of aryl methyl sites for hydroxylation is 1. The molecule has 3 nitrogen and oxygen atoms in total. The molecule has 0 aliphatic heterocycles. The van der Waals surface area contributed by atoms with Crippen molar-refractivity contribution in [1.29, 1.82) is 0 Å². The third kappa shape index (κ3) is 3.77. The number of amides is 1. The van der Waals surface area contributed by atoms with Crippen LogP contribution in [0.4, 0.5) is 0 Å². The maximum absolute atomic E-state index is 11.9. The first-order valence-electron chi connectivity index (χ1n) is 6.65. The fraction of sp³-hybridized carbons (Fsp3) is 0.467. The van der Waals surface area contributed by atoms with Crippen LogP contribution in [0, 0.1) is 0 Å². The number of para-hydroxylation sites is 1. The van der Waals surface area contributed by atoms with Gasteiger partial charge < -0.3 is 5.32 Å². The monoisotopic (exact) mass is 276 g/mol. The number of carbonyl (C=O) groups is 1. The summed E-state index contributed by atoms with van der Waals surface area (Å²) in [5, 5.41) is 4.08. The van der Waals surface area contributed by atoms with Crippen LogP contribution in [0.1, 0.15) is 38.6 Å². The quantitative estimate of drug-likeness (QED) is 0.907. The van der Waals surface area contributed by atoms with E-state index >= 15 is 0 Å². The summed E-state index contributed by atoms with van der Waals surface area (Å²) in [6.45, 7) is 6.17. The summed E-state index contributed by atoms with van der Waals surface area (Å²) in [6.07, 6.45) is 2.15. The average Bonchev–Trinajstić information content (AvgIpc) is 2.78. The summed E-state index contributed by atoms with van der Waals surface area (Å²) in [5.41, 5.74) is 0.904. The van der Waals surface area contributed by atoms with E-state index in [-0.39, 0.29) is 11.4 Å². The first-order chi connectivity index (χ1) is 9.00. The molecule has 1 N–H and O–H groups in total. The molecular formula is C15H20N2OS. The molecule has 1 heterocycles. The third-order valence-electron chi connectivity index (χ3n) is 3.27. The highest BCUT2D eigenvalue weighted by molar-refractivity contribution is 7.18. The Kier molecular flexibility index (Phi) is 4.20.